The van der Waals surface area contributed by atoms with Crippen LogP contribution in [0.2, 0.25) is 0 Å². The first-order chi connectivity index (χ1) is 9.58. The van der Waals surface area contributed by atoms with Crippen LogP contribution >= 0.6 is 27.7 Å². The van der Waals surface area contributed by atoms with Crippen LogP contribution in [0.4, 0.5) is 0 Å². The van der Waals surface area contributed by atoms with Crippen LogP contribution in [0.1, 0.15) is 37.2 Å². The van der Waals surface area contributed by atoms with E-state index >= 15 is 0 Å². The summed E-state index contributed by atoms with van der Waals surface area (Å²) >= 11 is 5.48. The van der Waals surface area contributed by atoms with Crippen LogP contribution in [-0.2, 0) is 6.42 Å². The average Bonchev–Trinajstić information content (AvgIpc) is 3.01. The van der Waals surface area contributed by atoms with Gasteiger partial charge in [0.1, 0.15) is 0 Å². The summed E-state index contributed by atoms with van der Waals surface area (Å²) in [6.45, 7) is 4.26. The smallest absolute Gasteiger partial charge is 0.0708 e. The molecule has 3 nitrogen and oxygen atoms in total. The van der Waals surface area contributed by atoms with E-state index in [0.29, 0.717) is 11.3 Å². The van der Waals surface area contributed by atoms with Crippen LogP contribution < -0.4 is 5.73 Å². The van der Waals surface area contributed by atoms with Crippen molar-refractivity contribution >= 4 is 27.7 Å². The first-order valence-electron chi connectivity index (χ1n) is 6.81. The molecule has 106 valence electrons. The van der Waals surface area contributed by atoms with Crippen LogP contribution in [0.5, 0.6) is 0 Å². The molecule has 2 heterocycles. The summed E-state index contributed by atoms with van der Waals surface area (Å²) in [7, 11) is 0. The fourth-order valence-corrected chi connectivity index (χ4v) is 4.52. The third-order valence-corrected chi connectivity index (χ3v) is 5.69. The second-order valence-electron chi connectivity index (χ2n) is 5.41. The molecule has 0 saturated carbocycles. The number of thioether (sulfide) groups is 1. The lowest BCUT2D eigenvalue weighted by Gasteiger charge is -2.22. The van der Waals surface area contributed by atoms with Crippen molar-refractivity contribution in [2.45, 2.75) is 42.5 Å². The Balaban J connectivity index is 1.88. The highest BCUT2D eigenvalue weighted by Gasteiger charge is 2.31. The summed E-state index contributed by atoms with van der Waals surface area (Å²) in [6, 6.07) is 8.86. The van der Waals surface area contributed by atoms with Gasteiger partial charge >= 0.3 is 0 Å². The van der Waals surface area contributed by atoms with Crippen molar-refractivity contribution in [3.05, 3.63) is 46.2 Å². The number of aromatic nitrogens is 2. The molecule has 5 heteroatoms. The Morgan fingerprint density at radius 1 is 1.40 bits per heavy atom. The zero-order valence-electron chi connectivity index (χ0n) is 11.6. The van der Waals surface area contributed by atoms with Gasteiger partial charge in [0.2, 0.25) is 0 Å². The van der Waals surface area contributed by atoms with Gasteiger partial charge in [-0.2, -0.15) is 5.10 Å². The molecular formula is C15H18BrN3S. The molecular weight excluding hydrogens is 334 g/mol. The van der Waals surface area contributed by atoms with Gasteiger partial charge in [-0.15, -0.1) is 11.8 Å². The van der Waals surface area contributed by atoms with Crippen LogP contribution in [0.15, 0.2) is 39.8 Å². The van der Waals surface area contributed by atoms with E-state index in [1.807, 2.05) is 22.6 Å². The van der Waals surface area contributed by atoms with Crippen molar-refractivity contribution < 1.29 is 0 Å². The van der Waals surface area contributed by atoms with Gasteiger partial charge in [-0.25, -0.2) is 0 Å². The maximum atomic E-state index is 6.55. The van der Waals surface area contributed by atoms with Gasteiger partial charge in [-0.3, -0.25) is 4.68 Å². The third-order valence-electron chi connectivity index (χ3n) is 3.66. The first-order valence-corrected chi connectivity index (χ1v) is 8.48. The highest BCUT2D eigenvalue weighted by atomic mass is 79.9. The molecule has 0 spiro atoms. The second-order valence-corrected chi connectivity index (χ2v) is 7.55. The quantitative estimate of drug-likeness (QED) is 0.910. The minimum absolute atomic E-state index is 0.0216. The number of benzene rings is 1. The largest absolute Gasteiger partial charge is 0.322 e. The Kier molecular flexibility index (Phi) is 3.93. The van der Waals surface area contributed by atoms with Gasteiger partial charge in [-0.05, 0) is 47.8 Å². The zero-order valence-corrected chi connectivity index (χ0v) is 14.0. The maximum Gasteiger partial charge on any atom is 0.0708 e. The normalized spacial score (nSPS) is 19.4. The van der Waals surface area contributed by atoms with Crippen molar-refractivity contribution in [3.8, 4) is 0 Å². The number of fused-ring (bicyclic) bond motifs is 1. The topological polar surface area (TPSA) is 43.8 Å². The molecule has 2 unspecified atom stereocenters. The standard InChI is InChI=1S/C15H18BrN3S/c1-9(2)19-15(11(16)8-18-19)14(17)13-7-10-5-3-4-6-12(10)20-13/h3-6,8-9,13-14H,7,17H2,1-2H3. The van der Waals surface area contributed by atoms with Gasteiger partial charge < -0.3 is 5.73 Å². The minimum atomic E-state index is -0.0216. The Morgan fingerprint density at radius 3 is 2.85 bits per heavy atom. The number of nitrogens with two attached hydrogens (primary N) is 1. The minimum Gasteiger partial charge on any atom is -0.322 e. The molecule has 0 saturated heterocycles. The van der Waals surface area contributed by atoms with Crippen molar-refractivity contribution in [2.75, 3.05) is 0 Å². The van der Waals surface area contributed by atoms with Crippen molar-refractivity contribution in [1.82, 2.24) is 9.78 Å². The molecule has 1 aromatic carbocycles. The van der Waals surface area contributed by atoms with Crippen LogP contribution in [0.25, 0.3) is 0 Å². The summed E-state index contributed by atoms with van der Waals surface area (Å²) in [5.74, 6) is 0. The molecule has 0 amide bonds. The molecule has 2 atom stereocenters. The Bertz CT molecular complexity index is 598. The number of halogens is 1. The number of hydrogen-bond donors (Lipinski definition) is 1. The molecule has 20 heavy (non-hydrogen) atoms. The predicted molar refractivity (Wildman–Crippen MR) is 87.0 cm³/mol. The highest BCUT2D eigenvalue weighted by molar-refractivity contribution is 9.10. The van der Waals surface area contributed by atoms with Gasteiger partial charge in [0.05, 0.1) is 22.4 Å². The maximum absolute atomic E-state index is 6.55. The van der Waals surface area contributed by atoms with Crippen LogP contribution in [0, 0.1) is 0 Å². The highest BCUT2D eigenvalue weighted by Crippen LogP contribution is 2.43. The first kappa shape index (κ1) is 14.2. The Labute approximate surface area is 132 Å². The average molecular weight is 352 g/mol. The zero-order chi connectivity index (χ0) is 14.3. The van der Waals surface area contributed by atoms with E-state index in [2.05, 4.69) is 59.1 Å². The predicted octanol–water partition coefficient (Wildman–Crippen LogP) is 3.94. The van der Waals surface area contributed by atoms with E-state index in [9.17, 15) is 0 Å². The SMILES string of the molecule is CC(C)n1ncc(Br)c1C(N)C1Cc2ccccc2S1. The summed E-state index contributed by atoms with van der Waals surface area (Å²) < 4.78 is 3.04. The molecule has 0 aliphatic carbocycles. The van der Waals surface area contributed by atoms with Crippen molar-refractivity contribution in [3.63, 3.8) is 0 Å². The molecule has 1 aliphatic heterocycles. The molecule has 1 aromatic heterocycles. The van der Waals surface area contributed by atoms with Gasteiger partial charge in [0.25, 0.3) is 0 Å². The van der Waals surface area contributed by atoms with Crippen molar-refractivity contribution in [1.29, 1.82) is 0 Å². The summed E-state index contributed by atoms with van der Waals surface area (Å²) in [5, 5.41) is 4.81. The van der Waals surface area contributed by atoms with Gasteiger partial charge in [-0.1, -0.05) is 18.2 Å². The van der Waals surface area contributed by atoms with Crippen LogP contribution in [-0.4, -0.2) is 15.0 Å². The lowest BCUT2D eigenvalue weighted by atomic mass is 10.0. The molecule has 1 aliphatic rings. The van der Waals surface area contributed by atoms with Crippen LogP contribution in [0.3, 0.4) is 0 Å². The summed E-state index contributed by atoms with van der Waals surface area (Å²) in [6.07, 6.45) is 2.87. The number of nitrogens with zero attached hydrogens (tertiary/aromatic N) is 2. The van der Waals surface area contributed by atoms with E-state index in [4.69, 9.17) is 5.73 Å². The number of hydrogen-bond acceptors (Lipinski definition) is 3. The van der Waals surface area contributed by atoms with E-state index in [1.54, 1.807) is 0 Å². The molecule has 0 bridgehead atoms. The summed E-state index contributed by atoms with van der Waals surface area (Å²) in [5.41, 5.74) is 9.06. The van der Waals surface area contributed by atoms with E-state index in [1.165, 1.54) is 10.5 Å². The third kappa shape index (κ3) is 2.43. The Morgan fingerprint density at radius 2 is 2.15 bits per heavy atom. The van der Waals surface area contributed by atoms with Gasteiger partial charge in [0, 0.05) is 16.2 Å². The molecule has 2 aromatic rings. The molecule has 3 rings (SSSR count). The van der Waals surface area contributed by atoms with E-state index in [0.717, 1.165) is 16.6 Å². The van der Waals surface area contributed by atoms with Crippen molar-refractivity contribution in [2.24, 2.45) is 5.73 Å². The fraction of sp³-hybridized carbons (Fsp3) is 0.400. The molecule has 2 N–H and O–H groups in total. The van der Waals surface area contributed by atoms with E-state index < -0.39 is 0 Å². The fourth-order valence-electron chi connectivity index (χ4n) is 2.66. The van der Waals surface area contributed by atoms with Gasteiger partial charge in [0.15, 0.2) is 0 Å². The second kappa shape index (κ2) is 5.54. The molecule has 0 fully saturated rings. The van der Waals surface area contributed by atoms with E-state index in [-0.39, 0.29) is 6.04 Å². The monoisotopic (exact) mass is 351 g/mol. The number of rotatable bonds is 3. The lowest BCUT2D eigenvalue weighted by molar-refractivity contribution is 0.480. The molecule has 0 radical (unpaired) electrons. The summed E-state index contributed by atoms with van der Waals surface area (Å²) in [4.78, 5) is 1.36. The lowest BCUT2D eigenvalue weighted by Crippen LogP contribution is -2.27. The Hall–Kier alpha value is -0.780.